The van der Waals surface area contributed by atoms with E-state index in [1.807, 2.05) is 12.1 Å². The summed E-state index contributed by atoms with van der Waals surface area (Å²) >= 11 is 6.17. The fourth-order valence-corrected chi connectivity index (χ4v) is 5.33. The molecule has 1 aliphatic heterocycles. The number of carbonyl (C=O) groups is 1. The average molecular weight is 480 g/mol. The van der Waals surface area contributed by atoms with Crippen molar-refractivity contribution in [3.8, 4) is 5.75 Å². The molecule has 2 aromatic carbocycles. The lowest BCUT2D eigenvalue weighted by Gasteiger charge is -2.29. The molecule has 7 nitrogen and oxygen atoms in total. The minimum Gasteiger partial charge on any atom is -0.495 e. The van der Waals surface area contributed by atoms with Gasteiger partial charge in [-0.1, -0.05) is 23.7 Å². The summed E-state index contributed by atoms with van der Waals surface area (Å²) in [5, 5.41) is 3.10. The number of nitrogens with zero attached hydrogens (tertiary/aromatic N) is 2. The predicted octanol–water partition coefficient (Wildman–Crippen LogP) is 3.81. The van der Waals surface area contributed by atoms with E-state index in [-0.39, 0.29) is 5.02 Å². The van der Waals surface area contributed by atoms with Crippen LogP contribution in [-0.2, 0) is 21.4 Å². The second kappa shape index (κ2) is 10.4. The summed E-state index contributed by atoms with van der Waals surface area (Å²) in [5.41, 5.74) is 2.43. The maximum atomic E-state index is 12.8. The molecule has 1 amide bonds. The van der Waals surface area contributed by atoms with Crippen LogP contribution >= 0.6 is 11.6 Å². The van der Waals surface area contributed by atoms with Crippen molar-refractivity contribution >= 4 is 38.9 Å². The lowest BCUT2D eigenvalue weighted by Crippen LogP contribution is -2.47. The number of nitrogens with one attached hydrogen (secondary N) is 1. The van der Waals surface area contributed by atoms with Gasteiger partial charge in [0, 0.05) is 25.3 Å². The molecule has 0 spiro atoms. The summed E-state index contributed by atoms with van der Waals surface area (Å²) in [6, 6.07) is 11.8. The largest absolute Gasteiger partial charge is 0.495 e. The van der Waals surface area contributed by atoms with Gasteiger partial charge in [0.1, 0.15) is 11.8 Å². The molecule has 1 N–H and O–H groups in total. The van der Waals surface area contributed by atoms with Gasteiger partial charge in [-0.3, -0.25) is 9.10 Å². The zero-order valence-corrected chi connectivity index (χ0v) is 20.2. The van der Waals surface area contributed by atoms with E-state index in [0.717, 1.165) is 29.2 Å². The number of hydrogen-bond donors (Lipinski definition) is 1. The van der Waals surface area contributed by atoms with Crippen LogP contribution in [0.4, 0.5) is 11.4 Å². The third-order valence-electron chi connectivity index (χ3n) is 5.60. The van der Waals surface area contributed by atoms with Crippen molar-refractivity contribution < 1.29 is 17.9 Å². The van der Waals surface area contributed by atoms with Crippen LogP contribution in [0.25, 0.3) is 0 Å². The van der Waals surface area contributed by atoms with Crippen molar-refractivity contribution in [3.05, 3.63) is 53.1 Å². The Hall–Kier alpha value is -2.45. The summed E-state index contributed by atoms with van der Waals surface area (Å²) in [5.74, 6) is 0.0245. The molecule has 1 heterocycles. The lowest BCUT2D eigenvalue weighted by atomic mass is 10.1. The van der Waals surface area contributed by atoms with E-state index in [2.05, 4.69) is 22.3 Å². The van der Waals surface area contributed by atoms with Gasteiger partial charge in [-0.25, -0.2) is 8.42 Å². The first-order valence-corrected chi connectivity index (χ1v) is 12.9. The second-order valence-corrected chi connectivity index (χ2v) is 10.3. The highest BCUT2D eigenvalue weighted by molar-refractivity contribution is 7.92. The monoisotopic (exact) mass is 479 g/mol. The number of carbonyl (C=O) groups excluding carboxylic acids is 1. The Bertz CT molecular complexity index is 1040. The van der Waals surface area contributed by atoms with E-state index in [0.29, 0.717) is 18.0 Å². The van der Waals surface area contributed by atoms with Crippen LogP contribution in [0, 0.1) is 0 Å². The Morgan fingerprint density at radius 1 is 1.16 bits per heavy atom. The van der Waals surface area contributed by atoms with Crippen molar-refractivity contribution in [2.24, 2.45) is 0 Å². The molecule has 0 unspecified atom stereocenters. The van der Waals surface area contributed by atoms with Crippen LogP contribution in [0.15, 0.2) is 42.5 Å². The number of methoxy groups -OCH3 is 1. The number of rotatable bonds is 8. The summed E-state index contributed by atoms with van der Waals surface area (Å²) in [4.78, 5) is 15.2. The minimum atomic E-state index is -3.73. The van der Waals surface area contributed by atoms with Gasteiger partial charge >= 0.3 is 0 Å². The maximum Gasteiger partial charge on any atom is 0.243 e. The molecule has 0 saturated carbocycles. The molecule has 174 valence electrons. The zero-order chi connectivity index (χ0) is 23.3. The summed E-state index contributed by atoms with van der Waals surface area (Å²) in [6.45, 7) is 4.01. The molecule has 0 aromatic heterocycles. The highest BCUT2D eigenvalue weighted by atomic mass is 35.5. The lowest BCUT2D eigenvalue weighted by molar-refractivity contribution is -0.122. The molecule has 0 aliphatic carbocycles. The summed E-state index contributed by atoms with van der Waals surface area (Å²) < 4.78 is 31.1. The first-order valence-electron chi connectivity index (χ1n) is 10.7. The number of benzene rings is 2. The average Bonchev–Trinajstić information content (AvgIpc) is 2.77. The van der Waals surface area contributed by atoms with Crippen molar-refractivity contribution in [3.63, 3.8) is 0 Å². The third kappa shape index (κ3) is 5.86. The SMILES string of the molecule is COc1ccc(N([C@H](C)C(=O)NCc2ccc(N3CCCCC3)cc2)S(C)(=O)=O)cc1Cl. The molecule has 1 fully saturated rings. The number of hydrogen-bond acceptors (Lipinski definition) is 5. The Labute approximate surface area is 195 Å². The van der Waals surface area contributed by atoms with Crippen LogP contribution in [0.2, 0.25) is 5.02 Å². The van der Waals surface area contributed by atoms with Gasteiger partial charge < -0.3 is 15.0 Å². The smallest absolute Gasteiger partial charge is 0.243 e. The van der Waals surface area contributed by atoms with Crippen molar-refractivity contribution in [1.29, 1.82) is 0 Å². The molecule has 3 rings (SSSR count). The Kier molecular flexibility index (Phi) is 7.90. The number of ether oxygens (including phenoxy) is 1. The molecular formula is C23H30ClN3O4S. The van der Waals surface area contributed by atoms with Gasteiger partial charge in [0.2, 0.25) is 15.9 Å². The van der Waals surface area contributed by atoms with Crippen LogP contribution in [0.3, 0.4) is 0 Å². The molecule has 1 atom stereocenters. The van der Waals surface area contributed by atoms with E-state index < -0.39 is 22.0 Å². The van der Waals surface area contributed by atoms with Crippen molar-refractivity contribution in [1.82, 2.24) is 5.32 Å². The number of piperidine rings is 1. The molecule has 32 heavy (non-hydrogen) atoms. The Morgan fingerprint density at radius 3 is 2.38 bits per heavy atom. The molecule has 2 aromatic rings. The van der Waals surface area contributed by atoms with E-state index in [1.165, 1.54) is 38.1 Å². The molecule has 0 radical (unpaired) electrons. The normalized spacial score (nSPS) is 15.2. The van der Waals surface area contributed by atoms with Crippen molar-refractivity contribution in [2.75, 3.05) is 35.7 Å². The van der Waals surface area contributed by atoms with E-state index >= 15 is 0 Å². The van der Waals surface area contributed by atoms with Gasteiger partial charge in [0.05, 0.1) is 24.1 Å². The highest BCUT2D eigenvalue weighted by Crippen LogP contribution is 2.31. The molecular weight excluding hydrogens is 450 g/mol. The number of halogens is 1. The Morgan fingerprint density at radius 2 is 1.81 bits per heavy atom. The number of anilines is 2. The summed E-state index contributed by atoms with van der Waals surface area (Å²) in [6.07, 6.45) is 4.78. The van der Waals surface area contributed by atoms with E-state index in [9.17, 15) is 13.2 Å². The van der Waals surface area contributed by atoms with E-state index in [4.69, 9.17) is 16.3 Å². The third-order valence-corrected chi connectivity index (χ3v) is 7.14. The molecule has 1 saturated heterocycles. The standard InChI is InChI=1S/C23H30ClN3O4S/c1-17(27(32(3,29)30)20-11-12-22(31-2)21(24)15-20)23(28)25-16-18-7-9-19(10-8-18)26-13-5-4-6-14-26/h7-12,15,17H,4-6,13-14,16H2,1-3H3,(H,25,28)/t17-/m1/s1. The number of amides is 1. The Balaban J connectivity index is 1.68. The quantitative estimate of drug-likeness (QED) is 0.622. The van der Waals surface area contributed by atoms with Gasteiger partial charge in [0.15, 0.2) is 0 Å². The van der Waals surface area contributed by atoms with Gasteiger partial charge in [-0.2, -0.15) is 0 Å². The van der Waals surface area contributed by atoms with Crippen molar-refractivity contribution in [2.45, 2.75) is 38.8 Å². The van der Waals surface area contributed by atoms with Gasteiger partial charge in [-0.15, -0.1) is 0 Å². The highest BCUT2D eigenvalue weighted by Gasteiger charge is 2.29. The zero-order valence-electron chi connectivity index (χ0n) is 18.7. The van der Waals surface area contributed by atoms with Gasteiger partial charge in [-0.05, 0) is 62.1 Å². The second-order valence-electron chi connectivity index (χ2n) is 7.99. The topological polar surface area (TPSA) is 79.0 Å². The first-order chi connectivity index (χ1) is 15.2. The molecule has 0 bridgehead atoms. The van der Waals surface area contributed by atoms with Gasteiger partial charge in [0.25, 0.3) is 0 Å². The maximum absolute atomic E-state index is 12.8. The summed E-state index contributed by atoms with van der Waals surface area (Å²) in [7, 11) is -2.26. The van der Waals surface area contributed by atoms with Crippen LogP contribution in [0.1, 0.15) is 31.7 Å². The fourth-order valence-electron chi connectivity index (χ4n) is 3.91. The van der Waals surface area contributed by atoms with Crippen LogP contribution in [-0.4, -0.2) is 46.8 Å². The van der Waals surface area contributed by atoms with E-state index in [1.54, 1.807) is 19.1 Å². The van der Waals surface area contributed by atoms with Crippen LogP contribution in [0.5, 0.6) is 5.75 Å². The molecule has 1 aliphatic rings. The first kappa shape index (κ1) is 24.2. The molecule has 9 heteroatoms. The van der Waals surface area contributed by atoms with Crippen LogP contribution < -0.4 is 19.3 Å². The fraction of sp³-hybridized carbons (Fsp3) is 0.435. The predicted molar refractivity (Wildman–Crippen MR) is 129 cm³/mol. The number of sulfonamides is 1. The minimum absolute atomic E-state index is 0.264.